The number of para-hydroxylation sites is 1. The predicted molar refractivity (Wildman–Crippen MR) is 87.5 cm³/mol. The average Bonchev–Trinajstić information content (AvgIpc) is 2.53. The van der Waals surface area contributed by atoms with Gasteiger partial charge in [0.15, 0.2) is 0 Å². The molecule has 0 spiro atoms. The molecule has 0 aliphatic carbocycles. The Hall–Kier alpha value is -2.56. The van der Waals surface area contributed by atoms with E-state index in [0.29, 0.717) is 18.6 Å². The summed E-state index contributed by atoms with van der Waals surface area (Å²) < 4.78 is 5.64. The number of amides is 1. The van der Waals surface area contributed by atoms with E-state index < -0.39 is 0 Å². The number of carbonyl (C=O) groups is 1. The number of ether oxygens (including phenoxy) is 1. The highest BCUT2D eigenvalue weighted by Gasteiger charge is 2.25. The molecule has 5 heteroatoms. The number of carbonyl (C=O) groups excluding carboxylic acids is 1. The van der Waals surface area contributed by atoms with Gasteiger partial charge >= 0.3 is 0 Å². The summed E-state index contributed by atoms with van der Waals surface area (Å²) in [5.41, 5.74) is 3.20. The summed E-state index contributed by atoms with van der Waals surface area (Å²) in [7, 11) is 0. The Morgan fingerprint density at radius 3 is 2.91 bits per heavy atom. The van der Waals surface area contributed by atoms with Crippen molar-refractivity contribution < 1.29 is 9.53 Å². The largest absolute Gasteiger partial charge is 0.492 e. The van der Waals surface area contributed by atoms with Crippen LogP contribution in [0.25, 0.3) is 0 Å². The van der Waals surface area contributed by atoms with E-state index in [1.165, 1.54) is 0 Å². The Balaban J connectivity index is 1.66. The molecule has 1 aromatic heterocycles. The minimum atomic E-state index is -0.227. The number of aromatic amines is 1. The third-order valence-electron chi connectivity index (χ3n) is 4.18. The highest BCUT2D eigenvalue weighted by Crippen LogP contribution is 2.26. The number of aromatic nitrogens is 1. The van der Waals surface area contributed by atoms with E-state index in [9.17, 15) is 9.59 Å². The van der Waals surface area contributed by atoms with Crippen LogP contribution in [-0.2, 0) is 17.8 Å². The fraction of sp³-hybridized carbons (Fsp3) is 0.333. The van der Waals surface area contributed by atoms with Gasteiger partial charge in [0.2, 0.25) is 5.91 Å². The van der Waals surface area contributed by atoms with Crippen molar-refractivity contribution >= 4 is 5.91 Å². The van der Waals surface area contributed by atoms with E-state index >= 15 is 0 Å². The quantitative estimate of drug-likeness (QED) is 0.909. The number of hydrogen-bond donors (Lipinski definition) is 2. The molecule has 5 nitrogen and oxygen atoms in total. The molecular weight excluding hydrogens is 292 g/mol. The molecule has 1 amide bonds. The van der Waals surface area contributed by atoms with Gasteiger partial charge in [-0.1, -0.05) is 18.2 Å². The van der Waals surface area contributed by atoms with Gasteiger partial charge in [0.05, 0.1) is 5.92 Å². The fourth-order valence-electron chi connectivity index (χ4n) is 2.92. The van der Waals surface area contributed by atoms with Gasteiger partial charge < -0.3 is 15.0 Å². The van der Waals surface area contributed by atoms with Crippen LogP contribution < -0.4 is 15.6 Å². The highest BCUT2D eigenvalue weighted by molar-refractivity contribution is 5.79. The average molecular weight is 312 g/mol. The fourth-order valence-corrected chi connectivity index (χ4v) is 2.92. The molecule has 2 aromatic rings. The number of hydrogen-bond acceptors (Lipinski definition) is 3. The van der Waals surface area contributed by atoms with Crippen molar-refractivity contribution in [3.05, 3.63) is 63.1 Å². The molecule has 3 rings (SSSR count). The van der Waals surface area contributed by atoms with Crippen LogP contribution in [0.2, 0.25) is 0 Å². The summed E-state index contributed by atoms with van der Waals surface area (Å²) in [6.45, 7) is 4.32. The van der Waals surface area contributed by atoms with Gasteiger partial charge in [0, 0.05) is 17.8 Å². The lowest BCUT2D eigenvalue weighted by molar-refractivity contribution is -0.126. The summed E-state index contributed by atoms with van der Waals surface area (Å²) in [5, 5.41) is 2.86. The lowest BCUT2D eigenvalue weighted by Crippen LogP contribution is -2.38. The van der Waals surface area contributed by atoms with Crippen molar-refractivity contribution in [2.45, 2.75) is 26.8 Å². The van der Waals surface area contributed by atoms with Crippen molar-refractivity contribution in [1.82, 2.24) is 10.3 Å². The standard InChI is InChI=1S/C18H20N2O3/c1-11-7-12(2)20-18(22)15(11)9-19-17(21)14-8-13-5-3-4-6-16(13)23-10-14/h3-7,14H,8-10H2,1-2H3,(H,19,21)(H,20,22)/t14-/m1/s1. The Labute approximate surface area is 134 Å². The van der Waals surface area contributed by atoms with Crippen LogP contribution in [0.15, 0.2) is 35.1 Å². The molecule has 0 saturated heterocycles. The van der Waals surface area contributed by atoms with E-state index in [0.717, 1.165) is 22.6 Å². The summed E-state index contributed by atoms with van der Waals surface area (Å²) in [6.07, 6.45) is 0.658. The van der Waals surface area contributed by atoms with E-state index in [2.05, 4.69) is 10.3 Å². The second-order valence-corrected chi connectivity index (χ2v) is 5.98. The number of fused-ring (bicyclic) bond motifs is 1. The maximum Gasteiger partial charge on any atom is 0.253 e. The summed E-state index contributed by atoms with van der Waals surface area (Å²) >= 11 is 0. The van der Waals surface area contributed by atoms with Crippen LogP contribution >= 0.6 is 0 Å². The van der Waals surface area contributed by atoms with Crippen LogP contribution in [0.3, 0.4) is 0 Å². The van der Waals surface area contributed by atoms with Crippen LogP contribution in [0.5, 0.6) is 5.75 Å². The van der Waals surface area contributed by atoms with Gasteiger partial charge in [-0.2, -0.15) is 0 Å². The lowest BCUT2D eigenvalue weighted by Gasteiger charge is -2.24. The first-order chi connectivity index (χ1) is 11.0. The topological polar surface area (TPSA) is 71.2 Å². The molecule has 2 heterocycles. The van der Waals surface area contributed by atoms with Crippen molar-refractivity contribution in [3.63, 3.8) is 0 Å². The summed E-state index contributed by atoms with van der Waals surface area (Å²) in [4.78, 5) is 27.1. The van der Waals surface area contributed by atoms with Crippen molar-refractivity contribution in [2.24, 2.45) is 5.92 Å². The SMILES string of the molecule is Cc1cc(C)c(CNC(=O)[C@H]2COc3ccccc3C2)c(=O)[nH]1. The zero-order valence-electron chi connectivity index (χ0n) is 13.3. The summed E-state index contributed by atoms with van der Waals surface area (Å²) in [5.74, 6) is 0.538. The predicted octanol–water partition coefficient (Wildman–Crippen LogP) is 1.86. The van der Waals surface area contributed by atoms with Gasteiger partial charge in [0.1, 0.15) is 12.4 Å². The minimum absolute atomic E-state index is 0.0844. The molecule has 1 aliphatic rings. The van der Waals surface area contributed by atoms with Gasteiger partial charge in [-0.3, -0.25) is 9.59 Å². The number of H-pyrrole nitrogens is 1. The zero-order chi connectivity index (χ0) is 16.4. The first-order valence-electron chi connectivity index (χ1n) is 7.72. The van der Waals surface area contributed by atoms with Crippen LogP contribution in [0.4, 0.5) is 0 Å². The zero-order valence-corrected chi connectivity index (χ0v) is 13.3. The molecule has 23 heavy (non-hydrogen) atoms. The molecule has 0 unspecified atom stereocenters. The molecule has 0 saturated carbocycles. The third-order valence-corrected chi connectivity index (χ3v) is 4.18. The maximum atomic E-state index is 12.4. The third kappa shape index (κ3) is 3.28. The molecule has 120 valence electrons. The Bertz CT molecular complexity index is 795. The maximum absolute atomic E-state index is 12.4. The highest BCUT2D eigenvalue weighted by atomic mass is 16.5. The smallest absolute Gasteiger partial charge is 0.253 e. The van der Waals surface area contributed by atoms with Gasteiger partial charge in [0.25, 0.3) is 5.56 Å². The van der Waals surface area contributed by atoms with E-state index in [-0.39, 0.29) is 23.9 Å². The van der Waals surface area contributed by atoms with E-state index in [1.807, 2.05) is 44.2 Å². The number of benzene rings is 1. The van der Waals surface area contributed by atoms with Gasteiger partial charge in [-0.25, -0.2) is 0 Å². The van der Waals surface area contributed by atoms with Gasteiger partial charge in [-0.05, 0) is 43.5 Å². The van der Waals surface area contributed by atoms with Crippen LogP contribution in [0.1, 0.15) is 22.4 Å². The number of aryl methyl sites for hydroxylation is 2. The van der Waals surface area contributed by atoms with Crippen molar-refractivity contribution in [1.29, 1.82) is 0 Å². The monoisotopic (exact) mass is 312 g/mol. The molecule has 0 bridgehead atoms. The number of pyridine rings is 1. The Morgan fingerprint density at radius 2 is 2.13 bits per heavy atom. The molecule has 1 aliphatic heterocycles. The number of nitrogens with one attached hydrogen (secondary N) is 2. The second-order valence-electron chi connectivity index (χ2n) is 5.98. The van der Waals surface area contributed by atoms with Crippen LogP contribution in [-0.4, -0.2) is 17.5 Å². The van der Waals surface area contributed by atoms with Crippen LogP contribution in [0, 0.1) is 19.8 Å². The van der Waals surface area contributed by atoms with Crippen molar-refractivity contribution in [3.8, 4) is 5.75 Å². The number of rotatable bonds is 3. The molecular formula is C18H20N2O3. The minimum Gasteiger partial charge on any atom is -0.492 e. The molecule has 0 fully saturated rings. The molecule has 1 atom stereocenters. The normalized spacial score (nSPS) is 16.3. The lowest BCUT2D eigenvalue weighted by atomic mass is 9.96. The molecule has 2 N–H and O–H groups in total. The summed E-state index contributed by atoms with van der Waals surface area (Å²) in [6, 6.07) is 9.66. The van der Waals surface area contributed by atoms with Gasteiger partial charge in [-0.15, -0.1) is 0 Å². The Kier molecular flexibility index (Phi) is 4.19. The molecule has 0 radical (unpaired) electrons. The second kappa shape index (κ2) is 6.28. The van der Waals surface area contributed by atoms with Crippen molar-refractivity contribution in [2.75, 3.05) is 6.61 Å². The Morgan fingerprint density at radius 1 is 1.35 bits per heavy atom. The first kappa shape index (κ1) is 15.3. The first-order valence-corrected chi connectivity index (χ1v) is 7.72. The van der Waals surface area contributed by atoms with E-state index in [4.69, 9.17) is 4.74 Å². The molecule has 1 aromatic carbocycles. The van der Waals surface area contributed by atoms with E-state index in [1.54, 1.807) is 0 Å².